The number of allylic oxidation sites excluding steroid dienone is 3. The third-order valence-electron chi connectivity index (χ3n) is 2.38. The van der Waals surface area contributed by atoms with Gasteiger partial charge in [0.05, 0.1) is 5.02 Å². The van der Waals surface area contributed by atoms with E-state index in [1.165, 1.54) is 11.6 Å². The van der Waals surface area contributed by atoms with Crippen molar-refractivity contribution in [1.82, 2.24) is 0 Å². The van der Waals surface area contributed by atoms with Crippen LogP contribution in [0.15, 0.2) is 46.9 Å². The van der Waals surface area contributed by atoms with Gasteiger partial charge in [0.1, 0.15) is 5.82 Å². The first-order valence-corrected chi connectivity index (χ1v) is 6.56. The predicted octanol–water partition coefficient (Wildman–Crippen LogP) is 4.85. The van der Waals surface area contributed by atoms with Crippen LogP contribution in [-0.4, -0.2) is 5.75 Å². The first-order valence-electron chi connectivity index (χ1n) is 5.20. The van der Waals surface area contributed by atoms with Gasteiger partial charge in [0, 0.05) is 10.6 Å². The SMILES string of the molecule is Fc1cccc(SCC2=CCCC=C2)c1Cl. The second kappa shape index (κ2) is 5.55. The van der Waals surface area contributed by atoms with E-state index in [2.05, 4.69) is 18.2 Å². The lowest BCUT2D eigenvalue weighted by atomic mass is 10.1. The van der Waals surface area contributed by atoms with Crippen LogP contribution in [0, 0.1) is 5.82 Å². The quantitative estimate of drug-likeness (QED) is 0.695. The molecule has 0 bridgehead atoms. The van der Waals surface area contributed by atoms with Crippen LogP contribution in [-0.2, 0) is 0 Å². The van der Waals surface area contributed by atoms with Crippen molar-refractivity contribution < 1.29 is 4.39 Å². The fourth-order valence-corrected chi connectivity index (χ4v) is 2.76. The Morgan fingerprint density at radius 3 is 2.94 bits per heavy atom. The second-order valence-corrected chi connectivity index (χ2v) is 4.99. The van der Waals surface area contributed by atoms with E-state index in [9.17, 15) is 4.39 Å². The topological polar surface area (TPSA) is 0 Å². The first-order chi connectivity index (χ1) is 7.77. The minimum Gasteiger partial charge on any atom is -0.205 e. The molecule has 0 atom stereocenters. The molecule has 84 valence electrons. The maximum absolute atomic E-state index is 13.2. The van der Waals surface area contributed by atoms with Gasteiger partial charge in [0.25, 0.3) is 0 Å². The molecule has 0 radical (unpaired) electrons. The molecule has 0 heterocycles. The van der Waals surface area contributed by atoms with Crippen LogP contribution in [0.3, 0.4) is 0 Å². The van der Waals surface area contributed by atoms with Gasteiger partial charge in [0.15, 0.2) is 0 Å². The molecular formula is C13H12ClFS. The van der Waals surface area contributed by atoms with Gasteiger partial charge in [0.2, 0.25) is 0 Å². The average molecular weight is 255 g/mol. The minimum absolute atomic E-state index is 0.230. The van der Waals surface area contributed by atoms with Crippen molar-refractivity contribution in [2.75, 3.05) is 5.75 Å². The smallest absolute Gasteiger partial charge is 0.142 e. The minimum atomic E-state index is -0.347. The third-order valence-corrected chi connectivity index (χ3v) is 4.01. The maximum Gasteiger partial charge on any atom is 0.142 e. The van der Waals surface area contributed by atoms with Gasteiger partial charge >= 0.3 is 0 Å². The Morgan fingerprint density at radius 1 is 1.31 bits per heavy atom. The summed E-state index contributed by atoms with van der Waals surface area (Å²) in [5.74, 6) is 0.500. The number of thioether (sulfide) groups is 1. The highest BCUT2D eigenvalue weighted by molar-refractivity contribution is 7.99. The van der Waals surface area contributed by atoms with E-state index in [4.69, 9.17) is 11.6 Å². The summed E-state index contributed by atoms with van der Waals surface area (Å²) in [5.41, 5.74) is 1.29. The van der Waals surface area contributed by atoms with Crippen LogP contribution in [0.5, 0.6) is 0 Å². The zero-order chi connectivity index (χ0) is 11.4. The van der Waals surface area contributed by atoms with E-state index in [0.717, 1.165) is 23.5 Å². The molecule has 1 aromatic carbocycles. The van der Waals surface area contributed by atoms with Gasteiger partial charge in [-0.1, -0.05) is 35.9 Å². The summed E-state index contributed by atoms with van der Waals surface area (Å²) in [6.45, 7) is 0. The molecule has 16 heavy (non-hydrogen) atoms. The van der Waals surface area contributed by atoms with Crippen molar-refractivity contribution in [3.63, 3.8) is 0 Å². The normalized spacial score (nSPS) is 15.0. The predicted molar refractivity (Wildman–Crippen MR) is 68.6 cm³/mol. The summed E-state index contributed by atoms with van der Waals surface area (Å²) in [5, 5.41) is 0.230. The summed E-state index contributed by atoms with van der Waals surface area (Å²) in [6.07, 6.45) is 8.74. The van der Waals surface area contributed by atoms with E-state index in [1.54, 1.807) is 17.8 Å². The van der Waals surface area contributed by atoms with Gasteiger partial charge in [-0.25, -0.2) is 4.39 Å². The largest absolute Gasteiger partial charge is 0.205 e. The van der Waals surface area contributed by atoms with Crippen LogP contribution in [0.4, 0.5) is 4.39 Å². The van der Waals surface area contributed by atoms with Crippen LogP contribution in [0.25, 0.3) is 0 Å². The Balaban J connectivity index is 2.02. The molecule has 1 aliphatic carbocycles. The van der Waals surface area contributed by atoms with E-state index < -0.39 is 0 Å². The molecule has 0 fully saturated rings. The van der Waals surface area contributed by atoms with Gasteiger partial charge < -0.3 is 0 Å². The molecule has 0 aromatic heterocycles. The van der Waals surface area contributed by atoms with Gasteiger partial charge in [-0.2, -0.15) is 0 Å². The molecule has 0 nitrogen and oxygen atoms in total. The van der Waals surface area contributed by atoms with Crippen LogP contribution in [0.1, 0.15) is 12.8 Å². The standard InChI is InChI=1S/C13H12ClFS/c14-13-11(15)7-4-8-12(13)16-9-10-5-2-1-3-6-10/h2,4-8H,1,3,9H2. The molecule has 3 heteroatoms. The zero-order valence-corrected chi connectivity index (χ0v) is 10.3. The Labute approximate surface area is 104 Å². The Morgan fingerprint density at radius 2 is 2.19 bits per heavy atom. The first kappa shape index (κ1) is 11.7. The fourth-order valence-electron chi connectivity index (χ4n) is 1.53. The Hall–Kier alpha value is -0.730. The molecule has 0 spiro atoms. The molecule has 1 aromatic rings. The molecule has 0 saturated carbocycles. The van der Waals surface area contributed by atoms with Crippen LogP contribution < -0.4 is 0 Å². The van der Waals surface area contributed by atoms with Gasteiger partial charge in [-0.15, -0.1) is 11.8 Å². The number of rotatable bonds is 3. The summed E-state index contributed by atoms with van der Waals surface area (Å²) < 4.78 is 13.2. The monoisotopic (exact) mass is 254 g/mol. The molecule has 0 unspecified atom stereocenters. The molecular weight excluding hydrogens is 243 g/mol. The van der Waals surface area contributed by atoms with Crippen molar-refractivity contribution in [3.05, 3.63) is 52.8 Å². The lowest BCUT2D eigenvalue weighted by Crippen LogP contribution is -1.89. The lowest BCUT2D eigenvalue weighted by Gasteiger charge is -2.08. The highest BCUT2D eigenvalue weighted by atomic mass is 35.5. The second-order valence-electron chi connectivity index (χ2n) is 3.60. The van der Waals surface area contributed by atoms with E-state index >= 15 is 0 Å². The summed E-state index contributed by atoms with van der Waals surface area (Å²) in [7, 11) is 0. The highest BCUT2D eigenvalue weighted by Crippen LogP contribution is 2.31. The van der Waals surface area contributed by atoms with Crippen molar-refractivity contribution in [2.45, 2.75) is 17.7 Å². The van der Waals surface area contributed by atoms with E-state index in [0.29, 0.717) is 0 Å². The number of hydrogen-bond donors (Lipinski definition) is 0. The van der Waals surface area contributed by atoms with Crippen molar-refractivity contribution in [2.24, 2.45) is 0 Å². The molecule has 1 aliphatic rings. The summed E-state index contributed by atoms with van der Waals surface area (Å²) in [4.78, 5) is 0.807. The molecule has 0 saturated heterocycles. The van der Waals surface area contributed by atoms with Crippen molar-refractivity contribution in [3.8, 4) is 0 Å². The highest BCUT2D eigenvalue weighted by Gasteiger charge is 2.06. The summed E-state index contributed by atoms with van der Waals surface area (Å²) >= 11 is 7.45. The zero-order valence-electron chi connectivity index (χ0n) is 8.75. The molecule has 0 aliphatic heterocycles. The Bertz CT molecular complexity index is 438. The van der Waals surface area contributed by atoms with E-state index in [1.807, 2.05) is 6.07 Å². The molecule has 0 N–H and O–H groups in total. The van der Waals surface area contributed by atoms with Crippen molar-refractivity contribution >= 4 is 23.4 Å². The van der Waals surface area contributed by atoms with E-state index in [-0.39, 0.29) is 10.8 Å². The van der Waals surface area contributed by atoms with Crippen LogP contribution in [0.2, 0.25) is 5.02 Å². The fraction of sp³-hybridized carbons (Fsp3) is 0.231. The third kappa shape index (κ3) is 2.89. The number of benzene rings is 1. The number of hydrogen-bond acceptors (Lipinski definition) is 1. The van der Waals surface area contributed by atoms with Gasteiger partial charge in [-0.3, -0.25) is 0 Å². The van der Waals surface area contributed by atoms with Gasteiger partial charge in [-0.05, 0) is 30.5 Å². The molecule has 2 rings (SSSR count). The van der Waals surface area contributed by atoms with Crippen molar-refractivity contribution in [1.29, 1.82) is 0 Å². The lowest BCUT2D eigenvalue weighted by molar-refractivity contribution is 0.625. The van der Waals surface area contributed by atoms with Crippen LogP contribution >= 0.6 is 23.4 Å². The maximum atomic E-state index is 13.2. The molecule has 0 amide bonds. The average Bonchev–Trinajstić information content (AvgIpc) is 2.32. The Kier molecular flexibility index (Phi) is 4.08. The number of halogens is 2. The summed E-state index contributed by atoms with van der Waals surface area (Å²) in [6, 6.07) is 4.92.